The van der Waals surface area contributed by atoms with Crippen LogP contribution in [0.3, 0.4) is 0 Å². The number of hydrogen-bond donors (Lipinski definition) is 1. The molecule has 0 fully saturated rings. The molecule has 0 aliphatic carbocycles. The first-order valence-corrected chi connectivity index (χ1v) is 2.59. The molecule has 0 aliphatic heterocycles. The van der Waals surface area contributed by atoms with Crippen LogP contribution in [0.4, 0.5) is 0 Å². The molecule has 2 radical (unpaired) electrons. The molecule has 1 aromatic rings. The van der Waals surface area contributed by atoms with Crippen LogP contribution in [0.15, 0.2) is 30.3 Å². The fraction of sp³-hybridized carbons (Fsp3) is 0. The van der Waals surface area contributed by atoms with E-state index in [0.29, 0.717) is 5.56 Å². The number of carbonyl (C=O) groups is 1. The molecule has 4 heteroatoms. The molecular weight excluding hydrogens is 243 g/mol. The zero-order valence-corrected chi connectivity index (χ0v) is 7.23. The van der Waals surface area contributed by atoms with Gasteiger partial charge in [-0.1, -0.05) is 18.2 Å². The smallest absolute Gasteiger partial charge is 0.335 e. The summed E-state index contributed by atoms with van der Waals surface area (Å²) in [4.78, 5) is 10.2. The Morgan fingerprint density at radius 3 is 1.82 bits per heavy atom. The molecule has 0 aliphatic rings. The Bertz CT molecular complexity index is 211. The van der Waals surface area contributed by atoms with Crippen LogP contribution in [0.1, 0.15) is 10.4 Å². The summed E-state index contributed by atoms with van der Waals surface area (Å²) < 4.78 is 0. The van der Waals surface area contributed by atoms with Crippen molar-refractivity contribution in [2.45, 2.75) is 0 Å². The molecule has 68 valence electrons. The van der Waals surface area contributed by atoms with Gasteiger partial charge in [0.1, 0.15) is 0 Å². The van der Waals surface area contributed by atoms with E-state index in [1.165, 1.54) is 0 Å². The summed E-state index contributed by atoms with van der Waals surface area (Å²) in [5.41, 5.74) is 0.331. The molecule has 1 N–H and O–H groups in total. The van der Waals surface area contributed by atoms with E-state index >= 15 is 0 Å². The zero-order valence-electron chi connectivity index (χ0n) is 5.35. The maximum atomic E-state index is 10.2. The standard InChI is InChI=1S/C7H6O2.2Cu/c8-7(9)6-4-2-1-3-5-6;;/h1-5H,(H,8,9);;. The second-order valence-electron chi connectivity index (χ2n) is 1.67. The Kier molecular flexibility index (Phi) is 7.80. The number of carboxylic acids is 1. The van der Waals surface area contributed by atoms with Crippen LogP contribution >= 0.6 is 0 Å². The third-order valence-corrected chi connectivity index (χ3v) is 1.02. The monoisotopic (exact) mass is 248 g/mol. The summed E-state index contributed by atoms with van der Waals surface area (Å²) in [5.74, 6) is -0.879. The van der Waals surface area contributed by atoms with Crippen LogP contribution in [-0.2, 0) is 34.1 Å². The first-order valence-electron chi connectivity index (χ1n) is 2.59. The zero-order chi connectivity index (χ0) is 6.69. The van der Waals surface area contributed by atoms with Gasteiger partial charge in [0.15, 0.2) is 0 Å². The Morgan fingerprint density at radius 2 is 1.55 bits per heavy atom. The van der Waals surface area contributed by atoms with Gasteiger partial charge in [-0.05, 0) is 12.1 Å². The summed E-state index contributed by atoms with van der Waals surface area (Å²) in [5, 5.41) is 8.38. The maximum Gasteiger partial charge on any atom is 0.335 e. The van der Waals surface area contributed by atoms with Crippen LogP contribution in [0, 0.1) is 0 Å². The first-order chi connectivity index (χ1) is 4.30. The van der Waals surface area contributed by atoms with Crippen molar-refractivity contribution in [2.24, 2.45) is 0 Å². The van der Waals surface area contributed by atoms with Crippen molar-refractivity contribution in [3.8, 4) is 0 Å². The van der Waals surface area contributed by atoms with Crippen molar-refractivity contribution in [3.05, 3.63) is 35.9 Å². The molecule has 0 atom stereocenters. The predicted octanol–water partition coefficient (Wildman–Crippen LogP) is 1.38. The molecule has 2 nitrogen and oxygen atoms in total. The van der Waals surface area contributed by atoms with Crippen LogP contribution in [-0.4, -0.2) is 11.1 Å². The molecule has 0 heterocycles. The van der Waals surface area contributed by atoms with Crippen molar-refractivity contribution in [3.63, 3.8) is 0 Å². The van der Waals surface area contributed by atoms with Crippen LogP contribution in [0.2, 0.25) is 0 Å². The Balaban J connectivity index is 0. The van der Waals surface area contributed by atoms with E-state index in [2.05, 4.69) is 0 Å². The summed E-state index contributed by atoms with van der Waals surface area (Å²) in [6.07, 6.45) is 0. The third kappa shape index (κ3) is 4.22. The maximum absolute atomic E-state index is 10.2. The number of rotatable bonds is 1. The molecule has 0 saturated heterocycles. The van der Waals surface area contributed by atoms with Crippen molar-refractivity contribution < 1.29 is 44.0 Å². The van der Waals surface area contributed by atoms with E-state index < -0.39 is 5.97 Å². The van der Waals surface area contributed by atoms with Crippen molar-refractivity contribution in [1.82, 2.24) is 0 Å². The third-order valence-electron chi connectivity index (χ3n) is 1.02. The van der Waals surface area contributed by atoms with Crippen LogP contribution < -0.4 is 0 Å². The molecule has 0 aromatic heterocycles. The van der Waals surface area contributed by atoms with Gasteiger partial charge in [-0.15, -0.1) is 0 Å². The van der Waals surface area contributed by atoms with Crippen molar-refractivity contribution in [1.29, 1.82) is 0 Å². The summed E-state index contributed by atoms with van der Waals surface area (Å²) in [6, 6.07) is 8.30. The molecule has 1 aromatic carbocycles. The Hall–Kier alpha value is -0.271. The quantitative estimate of drug-likeness (QED) is 0.763. The Morgan fingerprint density at radius 1 is 1.09 bits per heavy atom. The second-order valence-corrected chi connectivity index (χ2v) is 1.67. The molecule has 0 spiro atoms. The van der Waals surface area contributed by atoms with Gasteiger partial charge in [0.25, 0.3) is 0 Å². The van der Waals surface area contributed by atoms with Gasteiger partial charge < -0.3 is 5.11 Å². The van der Waals surface area contributed by atoms with Crippen LogP contribution in [0.5, 0.6) is 0 Å². The largest absolute Gasteiger partial charge is 0.478 e. The van der Waals surface area contributed by atoms with E-state index in [4.69, 9.17) is 5.11 Å². The van der Waals surface area contributed by atoms with E-state index in [1.807, 2.05) is 0 Å². The Labute approximate surface area is 85.9 Å². The molecule has 0 bridgehead atoms. The van der Waals surface area contributed by atoms with Gasteiger partial charge in [-0.3, -0.25) is 0 Å². The molecule has 0 amide bonds. The molecule has 11 heavy (non-hydrogen) atoms. The van der Waals surface area contributed by atoms with E-state index in [0.717, 1.165) is 0 Å². The number of benzene rings is 1. The summed E-state index contributed by atoms with van der Waals surface area (Å²) in [6.45, 7) is 0. The van der Waals surface area contributed by atoms with Crippen molar-refractivity contribution in [2.75, 3.05) is 0 Å². The van der Waals surface area contributed by atoms with Gasteiger partial charge in [-0.25, -0.2) is 4.79 Å². The predicted molar refractivity (Wildman–Crippen MR) is 33.4 cm³/mol. The molecule has 0 unspecified atom stereocenters. The summed E-state index contributed by atoms with van der Waals surface area (Å²) in [7, 11) is 0. The number of aromatic carboxylic acids is 1. The van der Waals surface area contributed by atoms with Gasteiger partial charge >= 0.3 is 5.97 Å². The fourth-order valence-corrected chi connectivity index (χ4v) is 0.581. The van der Waals surface area contributed by atoms with Gasteiger partial charge in [0.2, 0.25) is 0 Å². The molecule has 1 rings (SSSR count). The average Bonchev–Trinajstić information content (AvgIpc) is 1.90. The number of carboxylic acid groups (broad SMARTS) is 1. The topological polar surface area (TPSA) is 37.3 Å². The minimum Gasteiger partial charge on any atom is -0.478 e. The van der Waals surface area contributed by atoms with Gasteiger partial charge in [-0.2, -0.15) is 0 Å². The fourth-order valence-electron chi connectivity index (χ4n) is 0.581. The average molecular weight is 249 g/mol. The normalized spacial score (nSPS) is 7.27. The minimum absolute atomic E-state index is 0. The SMILES string of the molecule is O=C(O)c1ccccc1.[Cu].[Cu]. The van der Waals surface area contributed by atoms with Gasteiger partial charge in [0, 0.05) is 34.1 Å². The minimum atomic E-state index is -0.879. The van der Waals surface area contributed by atoms with Crippen molar-refractivity contribution >= 4 is 5.97 Å². The summed E-state index contributed by atoms with van der Waals surface area (Å²) >= 11 is 0. The van der Waals surface area contributed by atoms with E-state index in [1.54, 1.807) is 30.3 Å². The van der Waals surface area contributed by atoms with E-state index in [-0.39, 0.29) is 34.1 Å². The van der Waals surface area contributed by atoms with Gasteiger partial charge in [0.05, 0.1) is 5.56 Å². The number of hydrogen-bond acceptors (Lipinski definition) is 1. The first kappa shape index (κ1) is 13.3. The van der Waals surface area contributed by atoms with E-state index in [9.17, 15) is 4.79 Å². The van der Waals surface area contributed by atoms with Crippen LogP contribution in [0.25, 0.3) is 0 Å². The molecule has 0 saturated carbocycles. The molecular formula is C7H6Cu2O2. The second kappa shape index (κ2) is 6.44.